The largest absolute Gasteiger partial charge is 0.466 e. The molecule has 1 N–H and O–H groups in total. The van der Waals surface area contributed by atoms with Crippen molar-refractivity contribution < 1.29 is 33.2 Å². The van der Waals surface area contributed by atoms with E-state index in [0.29, 0.717) is 0 Å². The van der Waals surface area contributed by atoms with Crippen LogP contribution in [0, 0.1) is 15.9 Å². The van der Waals surface area contributed by atoms with Gasteiger partial charge in [-0.3, -0.25) is 14.9 Å². The van der Waals surface area contributed by atoms with E-state index in [0.717, 1.165) is 44.6 Å². The van der Waals surface area contributed by atoms with Gasteiger partial charge in [-0.15, -0.1) is 0 Å². The van der Waals surface area contributed by atoms with E-state index in [9.17, 15) is 28.9 Å². The molecule has 0 fully saturated rings. The number of non-ortho nitro benzene ring substituents is 1. The summed E-state index contributed by atoms with van der Waals surface area (Å²) >= 11 is 0. The summed E-state index contributed by atoms with van der Waals surface area (Å²) in [5, 5.41) is 13.6. The molecule has 0 radical (unpaired) electrons. The van der Waals surface area contributed by atoms with Gasteiger partial charge in [0.1, 0.15) is 11.5 Å². The minimum absolute atomic E-state index is 0.0793. The van der Waals surface area contributed by atoms with E-state index in [4.69, 9.17) is 0 Å². The summed E-state index contributed by atoms with van der Waals surface area (Å²) < 4.78 is 23.1. The topological polar surface area (TPSA) is 125 Å². The predicted octanol–water partition coefficient (Wildman–Crippen LogP) is 2.61. The smallest absolute Gasteiger partial charge is 0.354 e. The van der Waals surface area contributed by atoms with Crippen molar-refractivity contribution in [2.75, 3.05) is 19.5 Å². The number of carbonyl (C=O) groups excluding carboxylic acids is 3. The van der Waals surface area contributed by atoms with E-state index in [1.54, 1.807) is 0 Å². The fraction of sp³-hybridized carbons (Fsp3) is 0.105. The van der Waals surface area contributed by atoms with Crippen LogP contribution in [0.3, 0.4) is 0 Å². The normalized spacial score (nSPS) is 10.8. The van der Waals surface area contributed by atoms with Crippen LogP contribution in [0.5, 0.6) is 0 Å². The van der Waals surface area contributed by atoms with Crippen molar-refractivity contribution in [3.8, 4) is 0 Å². The molecule has 0 amide bonds. The Morgan fingerprint density at radius 3 is 2.34 bits per heavy atom. The number of esters is 2. The lowest BCUT2D eigenvalue weighted by Gasteiger charge is -2.13. The summed E-state index contributed by atoms with van der Waals surface area (Å²) in [6.45, 7) is 0. The highest BCUT2D eigenvalue weighted by Gasteiger charge is 2.23. The van der Waals surface area contributed by atoms with Crippen molar-refractivity contribution in [2.24, 2.45) is 0 Å². The Morgan fingerprint density at radius 2 is 1.76 bits per heavy atom. The molecule has 0 aromatic heterocycles. The number of hydrogen-bond acceptors (Lipinski definition) is 8. The third-order valence-corrected chi connectivity index (χ3v) is 3.72. The van der Waals surface area contributed by atoms with Gasteiger partial charge >= 0.3 is 11.9 Å². The van der Waals surface area contributed by atoms with Crippen LogP contribution in [0.15, 0.2) is 54.2 Å². The molecule has 0 bridgehead atoms. The number of nitro groups is 1. The lowest BCUT2D eigenvalue weighted by Crippen LogP contribution is -2.17. The van der Waals surface area contributed by atoms with Gasteiger partial charge in [0.15, 0.2) is 5.78 Å². The fourth-order valence-electron chi connectivity index (χ4n) is 2.31. The second-order valence-corrected chi connectivity index (χ2v) is 5.49. The predicted molar refractivity (Wildman–Crippen MR) is 98.7 cm³/mol. The Labute approximate surface area is 163 Å². The average molecular weight is 402 g/mol. The molecule has 10 heteroatoms. The molecule has 0 aliphatic heterocycles. The quantitative estimate of drug-likeness (QED) is 0.246. The second kappa shape index (κ2) is 9.22. The van der Waals surface area contributed by atoms with Gasteiger partial charge in [0.2, 0.25) is 0 Å². The first-order chi connectivity index (χ1) is 13.8. The van der Waals surface area contributed by atoms with Crippen LogP contribution < -0.4 is 5.32 Å². The molecule has 2 aromatic carbocycles. The number of ketones is 1. The van der Waals surface area contributed by atoms with Gasteiger partial charge in [0, 0.05) is 12.1 Å². The van der Waals surface area contributed by atoms with Crippen molar-refractivity contribution in [3.05, 3.63) is 81.3 Å². The molecule has 2 rings (SSSR count). The minimum atomic E-state index is -0.960. The van der Waals surface area contributed by atoms with E-state index >= 15 is 0 Å². The Balaban J connectivity index is 2.59. The summed E-state index contributed by atoms with van der Waals surface area (Å²) in [4.78, 5) is 46.7. The number of halogens is 1. The lowest BCUT2D eigenvalue weighted by atomic mass is 10.00. The van der Waals surface area contributed by atoms with Gasteiger partial charge in [-0.25, -0.2) is 14.0 Å². The van der Waals surface area contributed by atoms with E-state index in [1.807, 2.05) is 0 Å². The number of nitro benzene ring substituents is 1. The SMILES string of the molecule is COC(=O)/C=C(/Nc1ccc([N+](=O)[O-])cc1C(=O)c1ccccc1F)C(=O)OC. The monoisotopic (exact) mass is 402 g/mol. The number of carbonyl (C=O) groups is 3. The van der Waals surface area contributed by atoms with Gasteiger partial charge in [-0.2, -0.15) is 0 Å². The summed E-state index contributed by atoms with van der Waals surface area (Å²) in [6.07, 6.45) is 0.782. The molecule has 9 nitrogen and oxygen atoms in total. The fourth-order valence-corrected chi connectivity index (χ4v) is 2.31. The van der Waals surface area contributed by atoms with Crippen LogP contribution in [-0.2, 0) is 19.1 Å². The molecule has 0 saturated carbocycles. The molecular formula is C19H15FN2O7. The first-order valence-corrected chi connectivity index (χ1v) is 8.01. The number of rotatable bonds is 7. The zero-order chi connectivity index (χ0) is 21.6. The molecule has 0 aliphatic rings. The van der Waals surface area contributed by atoms with E-state index in [-0.39, 0.29) is 16.8 Å². The van der Waals surface area contributed by atoms with Crippen molar-refractivity contribution >= 4 is 29.1 Å². The Hall–Kier alpha value is -4.08. The lowest BCUT2D eigenvalue weighted by molar-refractivity contribution is -0.384. The van der Waals surface area contributed by atoms with Crippen LogP contribution in [-0.4, -0.2) is 36.9 Å². The van der Waals surface area contributed by atoms with E-state index in [1.165, 1.54) is 18.2 Å². The maximum atomic E-state index is 14.1. The highest BCUT2D eigenvalue weighted by atomic mass is 19.1. The van der Waals surface area contributed by atoms with Gasteiger partial charge < -0.3 is 14.8 Å². The van der Waals surface area contributed by atoms with Crippen molar-refractivity contribution in [1.29, 1.82) is 0 Å². The standard InChI is InChI=1S/C19H15FN2O7/c1-28-17(23)10-16(19(25)29-2)21-15-8-7-11(22(26)27)9-13(15)18(24)12-5-3-4-6-14(12)20/h3-10,21H,1-2H3/b16-10+. The third kappa shape index (κ3) is 5.01. The molecule has 0 spiro atoms. The first-order valence-electron chi connectivity index (χ1n) is 8.01. The Bertz CT molecular complexity index is 1020. The zero-order valence-corrected chi connectivity index (χ0v) is 15.3. The highest BCUT2D eigenvalue weighted by molar-refractivity contribution is 6.13. The number of benzene rings is 2. The third-order valence-electron chi connectivity index (χ3n) is 3.72. The van der Waals surface area contributed by atoms with Crippen molar-refractivity contribution in [1.82, 2.24) is 0 Å². The Morgan fingerprint density at radius 1 is 1.07 bits per heavy atom. The van der Waals surface area contributed by atoms with Crippen molar-refractivity contribution in [3.63, 3.8) is 0 Å². The average Bonchev–Trinajstić information content (AvgIpc) is 2.72. The first kappa shape index (κ1) is 21.2. The number of hydrogen-bond donors (Lipinski definition) is 1. The van der Waals surface area contributed by atoms with Crippen LogP contribution in [0.1, 0.15) is 15.9 Å². The summed E-state index contributed by atoms with van der Waals surface area (Å²) in [7, 11) is 2.16. The van der Waals surface area contributed by atoms with Gasteiger partial charge in [0.05, 0.1) is 42.0 Å². The number of nitrogens with one attached hydrogen (secondary N) is 1. The maximum Gasteiger partial charge on any atom is 0.354 e. The van der Waals surface area contributed by atoms with Crippen molar-refractivity contribution in [2.45, 2.75) is 0 Å². The minimum Gasteiger partial charge on any atom is -0.466 e. The molecule has 0 heterocycles. The molecule has 2 aromatic rings. The number of nitrogens with zero attached hydrogens (tertiary/aromatic N) is 1. The number of anilines is 1. The molecule has 0 atom stereocenters. The van der Waals surface area contributed by atoms with Gasteiger partial charge in [-0.1, -0.05) is 12.1 Å². The summed E-state index contributed by atoms with van der Waals surface area (Å²) in [6, 6.07) is 8.25. The molecule has 0 aliphatic carbocycles. The summed E-state index contributed by atoms with van der Waals surface area (Å²) in [5.74, 6) is -3.54. The van der Waals surface area contributed by atoms with Crippen LogP contribution in [0.2, 0.25) is 0 Å². The van der Waals surface area contributed by atoms with Crippen LogP contribution in [0.4, 0.5) is 15.8 Å². The molecular weight excluding hydrogens is 387 g/mol. The second-order valence-electron chi connectivity index (χ2n) is 5.49. The maximum absolute atomic E-state index is 14.1. The van der Waals surface area contributed by atoms with Crippen LogP contribution >= 0.6 is 0 Å². The molecule has 29 heavy (non-hydrogen) atoms. The number of ether oxygens (including phenoxy) is 2. The van der Waals surface area contributed by atoms with Gasteiger partial charge in [0.25, 0.3) is 5.69 Å². The molecule has 0 unspecified atom stereocenters. The highest BCUT2D eigenvalue weighted by Crippen LogP contribution is 2.27. The summed E-state index contributed by atoms with van der Waals surface area (Å²) in [5.41, 5.74) is -1.51. The number of methoxy groups -OCH3 is 2. The Kier molecular flexibility index (Phi) is 6.75. The van der Waals surface area contributed by atoms with E-state index < -0.39 is 39.8 Å². The zero-order valence-electron chi connectivity index (χ0n) is 15.3. The van der Waals surface area contributed by atoms with Crippen LogP contribution in [0.25, 0.3) is 0 Å². The molecule has 0 saturated heterocycles. The van der Waals surface area contributed by atoms with Gasteiger partial charge in [-0.05, 0) is 18.2 Å². The molecule has 150 valence electrons. The van der Waals surface area contributed by atoms with E-state index in [2.05, 4.69) is 14.8 Å².